The lowest BCUT2D eigenvalue weighted by Crippen LogP contribution is -2.38. The van der Waals surface area contributed by atoms with Gasteiger partial charge in [0.15, 0.2) is 0 Å². The van der Waals surface area contributed by atoms with E-state index in [0.717, 1.165) is 87.6 Å². The Balaban J connectivity index is 1.28. The number of nitrogens with zero attached hydrogens (tertiary/aromatic N) is 4. The molecule has 4 heterocycles. The van der Waals surface area contributed by atoms with Crippen LogP contribution in [0, 0.1) is 0 Å². The molecule has 7 heteroatoms. The fraction of sp³-hybridized carbons (Fsp3) is 0.478. The number of ether oxygens (including phenoxy) is 3. The number of aliphatic imine (C=N–C) groups is 1. The van der Waals surface area contributed by atoms with Gasteiger partial charge in [-0.05, 0) is 29.8 Å². The van der Waals surface area contributed by atoms with Crippen molar-refractivity contribution in [3.63, 3.8) is 0 Å². The molecule has 0 unspecified atom stereocenters. The summed E-state index contributed by atoms with van der Waals surface area (Å²) in [5.41, 5.74) is 4.55. The summed E-state index contributed by atoms with van der Waals surface area (Å²) in [6.45, 7) is 9.18. The van der Waals surface area contributed by atoms with Gasteiger partial charge >= 0.3 is 0 Å². The number of morpholine rings is 2. The lowest BCUT2D eigenvalue weighted by molar-refractivity contribution is 0.0322. The summed E-state index contributed by atoms with van der Waals surface area (Å²) in [4.78, 5) is 14.0. The number of rotatable bonds is 6. The van der Waals surface area contributed by atoms with Gasteiger partial charge in [-0.2, -0.15) is 0 Å². The maximum absolute atomic E-state index is 6.07. The molecule has 0 bridgehead atoms. The van der Waals surface area contributed by atoms with Crippen LogP contribution in [0.2, 0.25) is 0 Å². The topological polar surface area (TPSA) is 59.4 Å². The fourth-order valence-electron chi connectivity index (χ4n) is 4.15. The molecule has 0 radical (unpaired) electrons. The van der Waals surface area contributed by atoms with Gasteiger partial charge in [-0.15, -0.1) is 0 Å². The lowest BCUT2D eigenvalue weighted by atomic mass is 10.0. The summed E-state index contributed by atoms with van der Waals surface area (Å²) < 4.78 is 16.9. The van der Waals surface area contributed by atoms with Gasteiger partial charge in [-0.25, -0.2) is 4.98 Å². The maximum Gasteiger partial charge on any atom is 0.129 e. The second-order valence-corrected chi connectivity index (χ2v) is 7.79. The molecule has 3 aliphatic heterocycles. The van der Waals surface area contributed by atoms with Crippen molar-refractivity contribution in [1.82, 2.24) is 9.88 Å². The third-order valence-electron chi connectivity index (χ3n) is 5.88. The minimum absolute atomic E-state index is 0.682. The fourth-order valence-corrected chi connectivity index (χ4v) is 4.15. The van der Waals surface area contributed by atoms with E-state index in [1.165, 1.54) is 5.56 Å². The Kier molecular flexibility index (Phi) is 5.92. The molecule has 2 saturated heterocycles. The predicted molar refractivity (Wildman–Crippen MR) is 116 cm³/mol. The van der Waals surface area contributed by atoms with Gasteiger partial charge in [0.25, 0.3) is 0 Å². The van der Waals surface area contributed by atoms with Crippen LogP contribution in [-0.2, 0) is 16.0 Å². The first kappa shape index (κ1) is 19.5. The molecule has 3 aliphatic rings. The molecule has 7 nitrogen and oxygen atoms in total. The highest BCUT2D eigenvalue weighted by Crippen LogP contribution is 2.28. The first-order valence-electron chi connectivity index (χ1n) is 10.8. The number of aromatic nitrogens is 1. The summed E-state index contributed by atoms with van der Waals surface area (Å²) in [7, 11) is 0. The third-order valence-corrected chi connectivity index (χ3v) is 5.88. The SMILES string of the molecule is c1cc(C2=NCc3ccc(OCCN4CCOCC4)cc32)cc(N2CCOCC2)n1. The number of hydrogen-bond donors (Lipinski definition) is 0. The summed E-state index contributed by atoms with van der Waals surface area (Å²) in [5, 5.41) is 0. The third kappa shape index (κ3) is 4.33. The van der Waals surface area contributed by atoms with Crippen LogP contribution in [0.25, 0.3) is 0 Å². The van der Waals surface area contributed by atoms with Crippen molar-refractivity contribution in [2.24, 2.45) is 4.99 Å². The largest absolute Gasteiger partial charge is 0.492 e. The van der Waals surface area contributed by atoms with Gasteiger partial charge in [0.05, 0.1) is 38.7 Å². The number of anilines is 1. The highest BCUT2D eigenvalue weighted by molar-refractivity contribution is 6.15. The molecule has 0 saturated carbocycles. The molecule has 0 amide bonds. The second-order valence-electron chi connectivity index (χ2n) is 7.79. The van der Waals surface area contributed by atoms with Crippen molar-refractivity contribution in [3.8, 4) is 5.75 Å². The summed E-state index contributed by atoms with van der Waals surface area (Å²) >= 11 is 0. The van der Waals surface area contributed by atoms with E-state index < -0.39 is 0 Å². The Bertz CT molecular complexity index is 905. The van der Waals surface area contributed by atoms with E-state index in [4.69, 9.17) is 19.2 Å². The van der Waals surface area contributed by atoms with Crippen LogP contribution in [0.3, 0.4) is 0 Å². The standard InChI is InChI=1S/C23H28N4O3/c1-2-20(30-14-7-26-5-10-28-11-6-26)16-21-19(1)17-25-23(21)18-3-4-24-22(15-18)27-8-12-29-13-9-27/h1-4,15-16H,5-14,17H2. The summed E-state index contributed by atoms with van der Waals surface area (Å²) in [5.74, 6) is 1.89. The van der Waals surface area contributed by atoms with Crippen molar-refractivity contribution in [1.29, 1.82) is 0 Å². The zero-order chi connectivity index (χ0) is 20.2. The number of pyridine rings is 1. The van der Waals surface area contributed by atoms with Gasteiger partial charge in [-0.1, -0.05) is 6.07 Å². The number of fused-ring (bicyclic) bond motifs is 1. The van der Waals surface area contributed by atoms with Gasteiger partial charge in [0.2, 0.25) is 0 Å². The van der Waals surface area contributed by atoms with E-state index in [-0.39, 0.29) is 0 Å². The van der Waals surface area contributed by atoms with E-state index in [9.17, 15) is 0 Å². The molecular formula is C23H28N4O3. The Morgan fingerprint density at radius 1 is 0.933 bits per heavy atom. The average molecular weight is 409 g/mol. The van der Waals surface area contributed by atoms with Crippen LogP contribution >= 0.6 is 0 Å². The zero-order valence-electron chi connectivity index (χ0n) is 17.3. The highest BCUT2D eigenvalue weighted by atomic mass is 16.5. The lowest BCUT2D eigenvalue weighted by Gasteiger charge is -2.28. The first-order chi connectivity index (χ1) is 14.9. The van der Waals surface area contributed by atoms with Crippen LogP contribution in [0.1, 0.15) is 16.7 Å². The van der Waals surface area contributed by atoms with Crippen molar-refractivity contribution < 1.29 is 14.2 Å². The van der Waals surface area contributed by atoms with Crippen molar-refractivity contribution >= 4 is 11.5 Å². The summed E-state index contributed by atoms with van der Waals surface area (Å²) in [6.07, 6.45) is 1.88. The van der Waals surface area contributed by atoms with Gasteiger partial charge in [0, 0.05) is 50.0 Å². The molecule has 158 valence electrons. The molecule has 30 heavy (non-hydrogen) atoms. The molecule has 2 fully saturated rings. The number of hydrogen-bond acceptors (Lipinski definition) is 7. The highest BCUT2D eigenvalue weighted by Gasteiger charge is 2.20. The average Bonchev–Trinajstić information content (AvgIpc) is 3.24. The van der Waals surface area contributed by atoms with Gasteiger partial charge in [-0.3, -0.25) is 9.89 Å². The van der Waals surface area contributed by atoms with Gasteiger partial charge < -0.3 is 19.1 Å². The van der Waals surface area contributed by atoms with Crippen LogP contribution < -0.4 is 9.64 Å². The second kappa shape index (κ2) is 9.12. The van der Waals surface area contributed by atoms with Crippen LogP contribution in [0.4, 0.5) is 5.82 Å². The molecule has 2 aromatic rings. The zero-order valence-corrected chi connectivity index (χ0v) is 17.3. The molecule has 0 atom stereocenters. The molecule has 1 aromatic heterocycles. The quantitative estimate of drug-likeness (QED) is 0.729. The van der Waals surface area contributed by atoms with Crippen LogP contribution in [0.5, 0.6) is 5.75 Å². The van der Waals surface area contributed by atoms with E-state index >= 15 is 0 Å². The van der Waals surface area contributed by atoms with E-state index in [1.807, 2.05) is 12.3 Å². The Morgan fingerprint density at radius 3 is 2.57 bits per heavy atom. The van der Waals surface area contributed by atoms with E-state index in [1.54, 1.807) is 0 Å². The molecule has 0 spiro atoms. The molecule has 5 rings (SSSR count). The van der Waals surface area contributed by atoms with E-state index in [0.29, 0.717) is 13.2 Å². The predicted octanol–water partition coefficient (Wildman–Crippen LogP) is 1.98. The number of benzene rings is 1. The maximum atomic E-state index is 6.07. The Hall–Kier alpha value is -2.48. The van der Waals surface area contributed by atoms with Gasteiger partial charge in [0.1, 0.15) is 18.2 Å². The molecular weight excluding hydrogens is 380 g/mol. The Labute approximate surface area is 177 Å². The van der Waals surface area contributed by atoms with Crippen molar-refractivity contribution in [3.05, 3.63) is 53.2 Å². The Morgan fingerprint density at radius 2 is 1.73 bits per heavy atom. The van der Waals surface area contributed by atoms with Crippen LogP contribution in [-0.4, -0.2) is 81.4 Å². The monoisotopic (exact) mass is 408 g/mol. The summed E-state index contributed by atoms with van der Waals surface area (Å²) in [6, 6.07) is 10.5. The minimum Gasteiger partial charge on any atom is -0.492 e. The van der Waals surface area contributed by atoms with Crippen LogP contribution in [0.15, 0.2) is 41.5 Å². The van der Waals surface area contributed by atoms with E-state index in [2.05, 4.69) is 39.0 Å². The minimum atomic E-state index is 0.682. The first-order valence-corrected chi connectivity index (χ1v) is 10.8. The molecule has 1 aromatic carbocycles. The van der Waals surface area contributed by atoms with Crippen molar-refractivity contribution in [2.75, 3.05) is 70.7 Å². The molecule has 0 N–H and O–H groups in total. The molecule has 0 aliphatic carbocycles. The normalized spacial score (nSPS) is 19.5. The van der Waals surface area contributed by atoms with Crippen molar-refractivity contribution in [2.45, 2.75) is 6.54 Å². The smallest absolute Gasteiger partial charge is 0.129 e.